The molecule has 2 aromatic rings. The number of halogens is 3. The van der Waals surface area contributed by atoms with Crippen molar-refractivity contribution in [2.45, 2.75) is 3.79 Å². The molecule has 0 saturated carbocycles. The number of ether oxygens (including phenoxy) is 1. The fourth-order valence-corrected chi connectivity index (χ4v) is 1.79. The molecule has 0 atom stereocenters. The Labute approximate surface area is 124 Å². The van der Waals surface area contributed by atoms with Gasteiger partial charge < -0.3 is 4.74 Å². The van der Waals surface area contributed by atoms with Crippen LogP contribution in [0.15, 0.2) is 30.3 Å². The third-order valence-electron chi connectivity index (χ3n) is 2.23. The molecule has 0 N–H and O–H groups in total. The molecule has 19 heavy (non-hydrogen) atoms. The van der Waals surface area contributed by atoms with Crippen LogP contribution in [-0.4, -0.2) is 27.8 Å². The van der Waals surface area contributed by atoms with Gasteiger partial charge in [-0.15, -0.1) is 5.10 Å². The quantitative estimate of drug-likeness (QED) is 0.630. The summed E-state index contributed by atoms with van der Waals surface area (Å²) in [5.41, 5.74) is 0.617. The molecule has 0 fully saturated rings. The summed E-state index contributed by atoms with van der Waals surface area (Å²) >= 11 is 17.5. The lowest BCUT2D eigenvalue weighted by molar-refractivity contribution is 0.0587. The number of alkyl halides is 3. The highest BCUT2D eigenvalue weighted by molar-refractivity contribution is 6.66. The molecular formula is C11H8Cl3N3O2. The Morgan fingerprint density at radius 2 is 1.89 bits per heavy atom. The lowest BCUT2D eigenvalue weighted by Gasteiger charge is -2.11. The first-order valence-corrected chi connectivity index (χ1v) is 6.25. The van der Waals surface area contributed by atoms with Gasteiger partial charge in [-0.3, -0.25) is 0 Å². The van der Waals surface area contributed by atoms with Crippen LogP contribution in [0.1, 0.15) is 16.4 Å². The maximum atomic E-state index is 11.4. The molecule has 1 heterocycles. The highest BCUT2D eigenvalue weighted by Gasteiger charge is 2.32. The number of carbonyl (C=O) groups is 1. The molecule has 0 aliphatic heterocycles. The molecule has 0 amide bonds. The molecule has 0 saturated heterocycles. The summed E-state index contributed by atoms with van der Waals surface area (Å²) in [6, 6.07) is 8.90. The number of benzene rings is 1. The average Bonchev–Trinajstić information content (AvgIpc) is 2.84. The first kappa shape index (κ1) is 14.1. The van der Waals surface area contributed by atoms with Crippen molar-refractivity contribution in [3.8, 4) is 5.69 Å². The highest BCUT2D eigenvalue weighted by Crippen LogP contribution is 2.37. The molecule has 0 bridgehead atoms. The van der Waals surface area contributed by atoms with Crippen LogP contribution in [0, 0.1) is 0 Å². The van der Waals surface area contributed by atoms with Crippen LogP contribution < -0.4 is 0 Å². The Morgan fingerprint density at radius 1 is 1.26 bits per heavy atom. The number of carbonyl (C=O) groups excluding carboxylic acids is 1. The molecule has 8 heteroatoms. The third kappa shape index (κ3) is 3.00. The van der Waals surface area contributed by atoms with Gasteiger partial charge in [0, 0.05) is 0 Å². The maximum absolute atomic E-state index is 11.4. The molecule has 2 rings (SSSR count). The molecule has 0 spiro atoms. The van der Waals surface area contributed by atoms with Gasteiger partial charge in [-0.2, -0.15) is 0 Å². The number of para-hydroxylation sites is 1. The molecule has 100 valence electrons. The van der Waals surface area contributed by atoms with E-state index in [-0.39, 0.29) is 11.6 Å². The smallest absolute Gasteiger partial charge is 0.377 e. The zero-order chi connectivity index (χ0) is 14.0. The van der Waals surface area contributed by atoms with E-state index in [0.29, 0.717) is 5.69 Å². The lowest BCUT2D eigenvalue weighted by Crippen LogP contribution is -2.11. The number of rotatable bonds is 2. The van der Waals surface area contributed by atoms with Gasteiger partial charge in [0.15, 0.2) is 5.82 Å². The van der Waals surface area contributed by atoms with Gasteiger partial charge in [0.05, 0.1) is 12.8 Å². The molecule has 0 aliphatic carbocycles. The maximum Gasteiger partial charge on any atom is 0.377 e. The summed E-state index contributed by atoms with van der Waals surface area (Å²) in [7, 11) is 1.22. The molecule has 5 nitrogen and oxygen atoms in total. The Kier molecular flexibility index (Phi) is 3.99. The molecular weight excluding hydrogens is 312 g/mol. The zero-order valence-electron chi connectivity index (χ0n) is 9.68. The first-order chi connectivity index (χ1) is 8.93. The Bertz CT molecular complexity index is 593. The molecule has 0 unspecified atom stereocenters. The van der Waals surface area contributed by atoms with E-state index in [9.17, 15) is 4.79 Å². The van der Waals surface area contributed by atoms with E-state index in [2.05, 4.69) is 14.8 Å². The van der Waals surface area contributed by atoms with Crippen molar-refractivity contribution in [2.75, 3.05) is 7.11 Å². The predicted molar refractivity (Wildman–Crippen MR) is 71.9 cm³/mol. The number of methoxy groups -OCH3 is 1. The van der Waals surface area contributed by atoms with Crippen LogP contribution in [0.3, 0.4) is 0 Å². The fourth-order valence-electron chi connectivity index (χ4n) is 1.42. The van der Waals surface area contributed by atoms with E-state index in [1.165, 1.54) is 11.8 Å². The summed E-state index contributed by atoms with van der Waals surface area (Å²) in [5, 5.41) is 4.00. The number of esters is 1. The second kappa shape index (κ2) is 5.36. The summed E-state index contributed by atoms with van der Waals surface area (Å²) in [6.07, 6.45) is 0. The van der Waals surface area contributed by atoms with Crippen LogP contribution in [0.5, 0.6) is 0 Å². The van der Waals surface area contributed by atoms with Gasteiger partial charge in [0.25, 0.3) is 5.82 Å². The van der Waals surface area contributed by atoms with E-state index >= 15 is 0 Å². The van der Waals surface area contributed by atoms with E-state index in [0.717, 1.165) is 0 Å². The van der Waals surface area contributed by atoms with E-state index in [4.69, 9.17) is 34.8 Å². The van der Waals surface area contributed by atoms with Crippen molar-refractivity contribution in [3.63, 3.8) is 0 Å². The topological polar surface area (TPSA) is 57.0 Å². The summed E-state index contributed by atoms with van der Waals surface area (Å²) in [5.74, 6) is -0.859. The normalized spacial score (nSPS) is 11.4. The fraction of sp³-hybridized carbons (Fsp3) is 0.182. The summed E-state index contributed by atoms with van der Waals surface area (Å²) < 4.78 is 4.03. The van der Waals surface area contributed by atoms with Crippen LogP contribution in [0.25, 0.3) is 5.69 Å². The SMILES string of the molecule is COC(=O)c1nc(C(Cl)(Cl)Cl)n(-c2ccccc2)n1. The average molecular weight is 321 g/mol. The van der Waals surface area contributed by atoms with Crippen LogP contribution in [0.2, 0.25) is 0 Å². The Balaban J connectivity index is 2.59. The minimum Gasteiger partial charge on any atom is -0.463 e. The number of aromatic nitrogens is 3. The van der Waals surface area contributed by atoms with Crippen LogP contribution in [-0.2, 0) is 8.53 Å². The van der Waals surface area contributed by atoms with Gasteiger partial charge in [-0.1, -0.05) is 53.0 Å². The van der Waals surface area contributed by atoms with E-state index < -0.39 is 9.76 Å². The lowest BCUT2D eigenvalue weighted by atomic mass is 10.3. The van der Waals surface area contributed by atoms with Gasteiger partial charge in [0.2, 0.25) is 3.79 Å². The molecule has 0 aliphatic rings. The predicted octanol–water partition coefficient (Wildman–Crippen LogP) is 2.88. The highest BCUT2D eigenvalue weighted by atomic mass is 35.6. The zero-order valence-corrected chi connectivity index (χ0v) is 11.9. The number of hydrogen-bond donors (Lipinski definition) is 0. The van der Waals surface area contributed by atoms with Crippen LogP contribution in [0.4, 0.5) is 0 Å². The van der Waals surface area contributed by atoms with Gasteiger partial charge in [0.1, 0.15) is 0 Å². The Hall–Kier alpha value is -1.30. The van der Waals surface area contributed by atoms with E-state index in [1.807, 2.05) is 6.07 Å². The third-order valence-corrected chi connectivity index (χ3v) is 2.74. The van der Waals surface area contributed by atoms with Gasteiger partial charge in [-0.25, -0.2) is 14.5 Å². The molecule has 1 aromatic heterocycles. The second-order valence-corrected chi connectivity index (χ2v) is 5.78. The van der Waals surface area contributed by atoms with Gasteiger partial charge in [-0.05, 0) is 12.1 Å². The first-order valence-electron chi connectivity index (χ1n) is 5.11. The molecule has 1 aromatic carbocycles. The van der Waals surface area contributed by atoms with Crippen molar-refractivity contribution in [1.29, 1.82) is 0 Å². The van der Waals surface area contributed by atoms with Crippen molar-refractivity contribution in [1.82, 2.24) is 14.8 Å². The minimum atomic E-state index is -1.81. The largest absolute Gasteiger partial charge is 0.463 e. The monoisotopic (exact) mass is 319 g/mol. The van der Waals surface area contributed by atoms with Crippen molar-refractivity contribution in [2.24, 2.45) is 0 Å². The van der Waals surface area contributed by atoms with Crippen molar-refractivity contribution >= 4 is 40.8 Å². The molecule has 0 radical (unpaired) electrons. The van der Waals surface area contributed by atoms with Gasteiger partial charge >= 0.3 is 5.97 Å². The second-order valence-electron chi connectivity index (χ2n) is 3.50. The summed E-state index contributed by atoms with van der Waals surface area (Å²) in [4.78, 5) is 15.4. The van der Waals surface area contributed by atoms with Crippen molar-refractivity contribution in [3.05, 3.63) is 42.0 Å². The summed E-state index contributed by atoms with van der Waals surface area (Å²) in [6.45, 7) is 0. The standard InChI is InChI=1S/C11H8Cl3N3O2/c1-19-9(18)8-15-10(11(12,13)14)17(16-8)7-5-3-2-4-6-7/h2-6H,1H3. The number of nitrogens with zero attached hydrogens (tertiary/aromatic N) is 3. The van der Waals surface area contributed by atoms with E-state index in [1.54, 1.807) is 24.3 Å². The number of hydrogen-bond acceptors (Lipinski definition) is 4. The Morgan fingerprint density at radius 3 is 2.42 bits per heavy atom. The van der Waals surface area contributed by atoms with Crippen LogP contribution >= 0.6 is 34.8 Å². The minimum absolute atomic E-state index is 0.0177. The van der Waals surface area contributed by atoms with Crippen molar-refractivity contribution < 1.29 is 9.53 Å².